The van der Waals surface area contributed by atoms with Gasteiger partial charge in [0.15, 0.2) is 0 Å². The zero-order valence-corrected chi connectivity index (χ0v) is 23.8. The molecular formula is C36H35NO5. The van der Waals surface area contributed by atoms with Gasteiger partial charge in [0.2, 0.25) is 0 Å². The summed E-state index contributed by atoms with van der Waals surface area (Å²) in [5, 5.41) is 11.9. The van der Waals surface area contributed by atoms with Crippen LogP contribution in [0.4, 0.5) is 0 Å². The van der Waals surface area contributed by atoms with E-state index in [1.807, 2.05) is 36.4 Å². The maximum atomic E-state index is 13.3. The molecule has 0 radical (unpaired) electrons. The Morgan fingerprint density at radius 2 is 1.50 bits per heavy atom. The van der Waals surface area contributed by atoms with Crippen molar-refractivity contribution in [1.82, 2.24) is 4.90 Å². The summed E-state index contributed by atoms with van der Waals surface area (Å²) < 4.78 is 4.71. The maximum Gasteiger partial charge on any atom is 0.309 e. The zero-order chi connectivity index (χ0) is 29.0. The number of nitrogens with zero attached hydrogens (tertiary/aromatic N) is 1. The van der Waals surface area contributed by atoms with Crippen molar-refractivity contribution in [1.29, 1.82) is 0 Å². The summed E-state index contributed by atoms with van der Waals surface area (Å²) in [6.07, 6.45) is 11.1. The Labute approximate surface area is 246 Å². The minimum Gasteiger partial charge on any atom is -0.507 e. The topological polar surface area (TPSA) is 83.9 Å². The lowest BCUT2D eigenvalue weighted by atomic mass is 9.48. The third-order valence-electron chi connectivity index (χ3n) is 10.1. The first-order valence-electron chi connectivity index (χ1n) is 15.0. The Morgan fingerprint density at radius 3 is 2.07 bits per heavy atom. The second-order valence-corrected chi connectivity index (χ2v) is 12.8. The molecule has 3 aromatic carbocycles. The number of rotatable bonds is 7. The predicted molar refractivity (Wildman–Crippen MR) is 160 cm³/mol. The first-order valence-corrected chi connectivity index (χ1v) is 15.0. The minimum absolute atomic E-state index is 0.0275. The van der Waals surface area contributed by atoms with Crippen molar-refractivity contribution >= 4 is 23.9 Å². The van der Waals surface area contributed by atoms with Crippen LogP contribution < -0.4 is 0 Å². The van der Waals surface area contributed by atoms with Gasteiger partial charge < -0.3 is 9.84 Å². The molecule has 0 unspecified atom stereocenters. The van der Waals surface area contributed by atoms with Crippen LogP contribution >= 0.6 is 0 Å². The molecule has 6 nitrogen and oxygen atoms in total. The van der Waals surface area contributed by atoms with Gasteiger partial charge in [-0.3, -0.25) is 19.3 Å². The smallest absolute Gasteiger partial charge is 0.309 e. The van der Waals surface area contributed by atoms with Gasteiger partial charge in [0.1, 0.15) is 5.75 Å². The van der Waals surface area contributed by atoms with E-state index >= 15 is 0 Å². The fourth-order valence-electron chi connectivity index (χ4n) is 8.54. The van der Waals surface area contributed by atoms with Gasteiger partial charge in [-0.25, -0.2) is 0 Å². The molecule has 5 aliphatic rings. The van der Waals surface area contributed by atoms with Crippen LogP contribution in [0.15, 0.2) is 66.7 Å². The van der Waals surface area contributed by atoms with Gasteiger partial charge in [0.25, 0.3) is 11.8 Å². The number of hydrogen-bond donors (Lipinski definition) is 1. The summed E-state index contributed by atoms with van der Waals surface area (Å²) in [5.74, 6) is 1.43. The molecule has 4 fully saturated rings. The van der Waals surface area contributed by atoms with Crippen molar-refractivity contribution < 1.29 is 24.2 Å². The number of amides is 2. The molecule has 6 heteroatoms. The number of ether oxygens (including phenoxy) is 1. The molecule has 214 valence electrons. The van der Waals surface area contributed by atoms with Crippen molar-refractivity contribution in [2.24, 2.45) is 17.8 Å². The van der Waals surface area contributed by atoms with Gasteiger partial charge in [0.05, 0.1) is 31.2 Å². The van der Waals surface area contributed by atoms with E-state index in [4.69, 9.17) is 4.74 Å². The second-order valence-electron chi connectivity index (χ2n) is 12.8. The van der Waals surface area contributed by atoms with Crippen LogP contribution in [0.3, 0.4) is 0 Å². The van der Waals surface area contributed by atoms with Gasteiger partial charge in [-0.1, -0.05) is 48.6 Å². The van der Waals surface area contributed by atoms with Crippen LogP contribution in [0, 0.1) is 17.8 Å². The lowest BCUT2D eigenvalue weighted by Gasteiger charge is -2.57. The van der Waals surface area contributed by atoms with Crippen LogP contribution in [-0.4, -0.2) is 34.9 Å². The summed E-state index contributed by atoms with van der Waals surface area (Å²) in [6, 6.07) is 19.1. The van der Waals surface area contributed by atoms with Crippen LogP contribution in [0.5, 0.6) is 5.75 Å². The maximum absolute atomic E-state index is 13.3. The Balaban J connectivity index is 1.27. The highest BCUT2D eigenvalue weighted by Crippen LogP contribution is 2.62. The molecule has 0 atom stereocenters. The number of carbonyl (C=O) groups is 3. The molecule has 8 rings (SSSR count). The van der Waals surface area contributed by atoms with Gasteiger partial charge >= 0.3 is 5.97 Å². The quantitative estimate of drug-likeness (QED) is 0.251. The molecule has 4 saturated carbocycles. The summed E-state index contributed by atoms with van der Waals surface area (Å²) >= 11 is 0. The average molecular weight is 562 g/mol. The van der Waals surface area contributed by atoms with Gasteiger partial charge in [-0.2, -0.15) is 0 Å². The van der Waals surface area contributed by atoms with Crippen LogP contribution in [0.2, 0.25) is 0 Å². The standard InChI is InChI=1S/C36H35NO5/c1-42-32(38)8-4-5-22-9-11-26(12-10-22)27-16-28(21-37-34(40)29-6-2-3-7-30(29)35(37)41)33(39)31(17-27)36-18-23-13-24(19-36)15-25(14-23)20-36/h2-7,9-12,16-17,23-25,39H,8,13-15,18-21H2,1H3/b5-4+. The number of esters is 1. The number of aromatic hydroxyl groups is 1. The molecule has 0 aromatic heterocycles. The van der Waals surface area contributed by atoms with Crippen molar-refractivity contribution in [2.75, 3.05) is 7.11 Å². The molecule has 2 amide bonds. The molecule has 0 saturated heterocycles. The fraction of sp³-hybridized carbons (Fsp3) is 0.361. The Bertz CT molecular complexity index is 1550. The van der Waals surface area contributed by atoms with Gasteiger partial charge in [-0.15, -0.1) is 0 Å². The van der Waals surface area contributed by atoms with Crippen molar-refractivity contribution in [3.05, 3.63) is 94.6 Å². The summed E-state index contributed by atoms with van der Waals surface area (Å²) in [4.78, 5) is 39.2. The zero-order valence-electron chi connectivity index (χ0n) is 23.8. The fourth-order valence-corrected chi connectivity index (χ4v) is 8.54. The molecule has 0 spiro atoms. The third-order valence-corrected chi connectivity index (χ3v) is 10.1. The highest BCUT2D eigenvalue weighted by molar-refractivity contribution is 6.21. The average Bonchev–Trinajstić information content (AvgIpc) is 3.22. The number of benzene rings is 3. The lowest BCUT2D eigenvalue weighted by Crippen LogP contribution is -2.48. The Hall–Kier alpha value is -4.19. The van der Waals surface area contributed by atoms with E-state index < -0.39 is 0 Å². The van der Waals surface area contributed by atoms with Crippen LogP contribution in [0.25, 0.3) is 17.2 Å². The Morgan fingerprint density at radius 1 is 0.905 bits per heavy atom. The van der Waals surface area contributed by atoms with Crippen LogP contribution in [-0.2, 0) is 21.5 Å². The number of imide groups is 1. The molecule has 4 bridgehead atoms. The molecular weight excluding hydrogens is 526 g/mol. The van der Waals surface area contributed by atoms with Crippen molar-refractivity contribution in [3.63, 3.8) is 0 Å². The summed E-state index contributed by atoms with van der Waals surface area (Å²) in [5.41, 5.74) is 5.27. The van der Waals surface area contributed by atoms with E-state index in [9.17, 15) is 19.5 Å². The predicted octanol–water partition coefficient (Wildman–Crippen LogP) is 6.90. The molecule has 1 N–H and O–H groups in total. The minimum atomic E-state index is -0.320. The number of phenols is 1. The van der Waals surface area contributed by atoms with E-state index in [1.165, 1.54) is 31.3 Å². The Kier molecular flexibility index (Phi) is 6.52. The molecule has 1 heterocycles. The first kappa shape index (κ1) is 26.7. The number of fused-ring (bicyclic) bond motifs is 1. The molecule has 4 aliphatic carbocycles. The first-order chi connectivity index (χ1) is 20.3. The van der Waals surface area contributed by atoms with E-state index in [0.29, 0.717) is 34.4 Å². The highest BCUT2D eigenvalue weighted by atomic mass is 16.5. The molecule has 3 aromatic rings. The van der Waals surface area contributed by atoms with E-state index in [0.717, 1.165) is 41.5 Å². The largest absolute Gasteiger partial charge is 0.507 e. The molecule has 42 heavy (non-hydrogen) atoms. The second kappa shape index (κ2) is 10.3. The van der Waals surface area contributed by atoms with Crippen molar-refractivity contribution in [3.8, 4) is 16.9 Å². The summed E-state index contributed by atoms with van der Waals surface area (Å²) in [6.45, 7) is 0.0275. The van der Waals surface area contributed by atoms with Crippen LogP contribution in [0.1, 0.15) is 82.4 Å². The normalized spacial score (nSPS) is 25.8. The van der Waals surface area contributed by atoms with E-state index in [2.05, 4.69) is 6.07 Å². The van der Waals surface area contributed by atoms with E-state index in [-0.39, 0.29) is 41.9 Å². The lowest BCUT2D eigenvalue weighted by molar-refractivity contribution is -0.139. The molecule has 1 aliphatic heterocycles. The van der Waals surface area contributed by atoms with Gasteiger partial charge in [0, 0.05) is 11.1 Å². The third kappa shape index (κ3) is 4.54. The highest BCUT2D eigenvalue weighted by Gasteiger charge is 2.52. The number of methoxy groups -OCH3 is 1. The number of carbonyl (C=O) groups excluding carboxylic acids is 3. The van der Waals surface area contributed by atoms with E-state index in [1.54, 1.807) is 30.3 Å². The SMILES string of the molecule is COC(=O)C/C=C/c1ccc(-c2cc(CN3C(=O)c4ccccc4C3=O)c(O)c(C34CC5CC(CC(C5)C3)C4)c2)cc1. The number of phenolic OH excluding ortho intramolecular Hbond substituents is 1. The monoisotopic (exact) mass is 561 g/mol. The van der Waals surface area contributed by atoms with Gasteiger partial charge in [-0.05, 0) is 103 Å². The summed E-state index contributed by atoms with van der Waals surface area (Å²) in [7, 11) is 1.38. The van der Waals surface area contributed by atoms with Crippen molar-refractivity contribution in [2.45, 2.75) is 56.9 Å². The number of hydrogen-bond acceptors (Lipinski definition) is 5.